The number of nitrogens with two attached hydrogens (primary N) is 1. The van der Waals surface area contributed by atoms with Crippen molar-refractivity contribution in [3.05, 3.63) is 57.1 Å². The maximum absolute atomic E-state index is 12.8. The van der Waals surface area contributed by atoms with Gasteiger partial charge in [-0.15, -0.1) is 0 Å². The lowest BCUT2D eigenvalue weighted by Crippen LogP contribution is -2.33. The van der Waals surface area contributed by atoms with Crippen molar-refractivity contribution in [2.45, 2.75) is 32.6 Å². The average Bonchev–Trinajstić information content (AvgIpc) is 2.45. The molecule has 0 fully saturated rings. The van der Waals surface area contributed by atoms with Crippen LogP contribution in [0.3, 0.4) is 0 Å². The molecule has 0 saturated carbocycles. The van der Waals surface area contributed by atoms with Crippen LogP contribution < -0.4 is 5.73 Å². The number of hydrogen-bond donors (Lipinski definition) is 1. The number of nitrogens with zero attached hydrogens (tertiary/aromatic N) is 1. The van der Waals surface area contributed by atoms with Crippen LogP contribution in [0.25, 0.3) is 0 Å². The molecule has 1 aromatic rings. The molecule has 5 heteroatoms. The number of allylic oxidation sites excluding steroid dienone is 3. The van der Waals surface area contributed by atoms with Gasteiger partial charge >= 0.3 is 0 Å². The predicted molar refractivity (Wildman–Crippen MR) is 89.8 cm³/mol. The average molecular weight is 373 g/mol. The van der Waals surface area contributed by atoms with Crippen LogP contribution >= 0.6 is 15.9 Å². The van der Waals surface area contributed by atoms with E-state index in [-0.39, 0.29) is 17.1 Å². The van der Waals surface area contributed by atoms with E-state index in [0.29, 0.717) is 29.7 Å². The van der Waals surface area contributed by atoms with E-state index in [4.69, 9.17) is 10.5 Å². The molecule has 0 radical (unpaired) electrons. The Morgan fingerprint density at radius 2 is 2.04 bits per heavy atom. The summed E-state index contributed by atoms with van der Waals surface area (Å²) in [5.41, 5.74) is 7.54. The fraction of sp³-hybridized carbons (Fsp3) is 0.333. The van der Waals surface area contributed by atoms with Gasteiger partial charge in [0.25, 0.3) is 0 Å². The number of hydrogen-bond acceptors (Lipinski definition) is 4. The van der Waals surface area contributed by atoms with Gasteiger partial charge in [0, 0.05) is 22.9 Å². The normalized spacial score (nSPS) is 23.2. The third-order valence-corrected chi connectivity index (χ3v) is 5.01. The zero-order valence-electron chi connectivity index (χ0n) is 13.0. The quantitative estimate of drug-likeness (QED) is 0.810. The zero-order chi connectivity index (χ0) is 16.8. The second-order valence-electron chi connectivity index (χ2n) is 6.72. The van der Waals surface area contributed by atoms with Crippen LogP contribution in [0.2, 0.25) is 0 Å². The number of ketones is 1. The Balaban J connectivity index is 2.22. The molecule has 2 N–H and O–H groups in total. The molecule has 0 saturated heterocycles. The third kappa shape index (κ3) is 2.68. The van der Waals surface area contributed by atoms with Gasteiger partial charge in [0.2, 0.25) is 5.88 Å². The molecule has 1 aromatic carbocycles. The monoisotopic (exact) mass is 372 g/mol. The fourth-order valence-corrected chi connectivity index (χ4v) is 3.82. The summed E-state index contributed by atoms with van der Waals surface area (Å²) < 4.78 is 6.51. The maximum Gasteiger partial charge on any atom is 0.205 e. The van der Waals surface area contributed by atoms with Crippen LogP contribution in [0, 0.1) is 16.7 Å². The molecule has 0 amide bonds. The van der Waals surface area contributed by atoms with Crippen LogP contribution in [-0.2, 0) is 9.53 Å². The molecule has 1 aliphatic heterocycles. The molecule has 118 valence electrons. The summed E-state index contributed by atoms with van der Waals surface area (Å²) in [5, 5.41) is 9.55. The van der Waals surface area contributed by atoms with E-state index in [1.54, 1.807) is 0 Å². The minimum atomic E-state index is -0.470. The first kappa shape index (κ1) is 15.8. The van der Waals surface area contributed by atoms with Gasteiger partial charge in [-0.2, -0.15) is 5.26 Å². The smallest absolute Gasteiger partial charge is 0.205 e. The minimum absolute atomic E-state index is 0.0252. The molecule has 1 heterocycles. The second kappa shape index (κ2) is 5.54. The SMILES string of the molecule is CC1(C)CC(=O)C2=C(C1)OC(N)=C(C#N)C2c1ccccc1Br. The lowest BCUT2D eigenvalue weighted by Gasteiger charge is -2.37. The van der Waals surface area contributed by atoms with Crippen molar-refractivity contribution in [3.8, 4) is 6.07 Å². The summed E-state index contributed by atoms with van der Waals surface area (Å²) in [6, 6.07) is 9.71. The highest BCUT2D eigenvalue weighted by molar-refractivity contribution is 9.10. The number of nitriles is 1. The largest absolute Gasteiger partial charge is 0.444 e. The van der Waals surface area contributed by atoms with E-state index >= 15 is 0 Å². The summed E-state index contributed by atoms with van der Waals surface area (Å²) in [5.74, 6) is 0.251. The molecule has 0 spiro atoms. The summed E-state index contributed by atoms with van der Waals surface area (Å²) >= 11 is 3.52. The molecule has 3 rings (SSSR count). The molecule has 0 bridgehead atoms. The van der Waals surface area contributed by atoms with Gasteiger partial charge in [-0.05, 0) is 17.0 Å². The number of ether oxygens (including phenoxy) is 1. The van der Waals surface area contributed by atoms with E-state index in [9.17, 15) is 10.1 Å². The van der Waals surface area contributed by atoms with Crippen LogP contribution in [0.1, 0.15) is 38.2 Å². The predicted octanol–water partition coefficient (Wildman–Crippen LogP) is 3.90. The number of rotatable bonds is 1. The van der Waals surface area contributed by atoms with E-state index in [1.807, 2.05) is 38.1 Å². The van der Waals surface area contributed by atoms with Crippen molar-refractivity contribution >= 4 is 21.7 Å². The topological polar surface area (TPSA) is 76.1 Å². The summed E-state index contributed by atoms with van der Waals surface area (Å²) in [6.45, 7) is 4.07. The molecular formula is C18H17BrN2O2. The Kier molecular flexibility index (Phi) is 3.81. The van der Waals surface area contributed by atoms with E-state index in [2.05, 4.69) is 22.0 Å². The summed E-state index contributed by atoms with van der Waals surface area (Å²) in [6.07, 6.45) is 1.07. The van der Waals surface area contributed by atoms with Crippen molar-refractivity contribution in [2.75, 3.05) is 0 Å². The molecular weight excluding hydrogens is 356 g/mol. The van der Waals surface area contributed by atoms with Gasteiger partial charge in [-0.25, -0.2) is 0 Å². The highest BCUT2D eigenvalue weighted by Gasteiger charge is 2.43. The number of carbonyl (C=O) groups excluding carboxylic acids is 1. The van der Waals surface area contributed by atoms with Gasteiger partial charge in [0.05, 0.1) is 5.92 Å². The van der Waals surface area contributed by atoms with Crippen molar-refractivity contribution in [2.24, 2.45) is 11.1 Å². The van der Waals surface area contributed by atoms with Gasteiger partial charge in [-0.1, -0.05) is 48.0 Å². The van der Waals surface area contributed by atoms with E-state index in [0.717, 1.165) is 10.0 Å². The first-order chi connectivity index (χ1) is 10.8. The highest BCUT2D eigenvalue weighted by Crippen LogP contribution is 2.48. The van der Waals surface area contributed by atoms with Gasteiger partial charge in [0.1, 0.15) is 17.4 Å². The molecule has 1 atom stereocenters. The molecule has 23 heavy (non-hydrogen) atoms. The van der Waals surface area contributed by atoms with Crippen molar-refractivity contribution in [1.82, 2.24) is 0 Å². The van der Waals surface area contributed by atoms with Crippen molar-refractivity contribution in [3.63, 3.8) is 0 Å². The third-order valence-electron chi connectivity index (χ3n) is 4.29. The minimum Gasteiger partial charge on any atom is -0.444 e. The van der Waals surface area contributed by atoms with Crippen LogP contribution in [0.5, 0.6) is 0 Å². The van der Waals surface area contributed by atoms with E-state index < -0.39 is 5.92 Å². The van der Waals surface area contributed by atoms with Crippen LogP contribution in [0.4, 0.5) is 0 Å². The molecule has 0 aromatic heterocycles. The number of benzene rings is 1. The summed E-state index contributed by atoms with van der Waals surface area (Å²) in [7, 11) is 0. The van der Waals surface area contributed by atoms with Gasteiger partial charge in [0.15, 0.2) is 5.78 Å². The number of halogens is 1. The van der Waals surface area contributed by atoms with Gasteiger partial charge < -0.3 is 10.5 Å². The fourth-order valence-electron chi connectivity index (χ4n) is 3.30. The molecule has 1 unspecified atom stereocenters. The standard InChI is InChI=1S/C18H17BrN2O2/c1-18(2)7-13(22)16-14(8-18)23-17(21)11(9-20)15(16)10-5-3-4-6-12(10)19/h3-6,15H,7-8,21H2,1-2H3. The summed E-state index contributed by atoms with van der Waals surface area (Å²) in [4.78, 5) is 12.8. The Morgan fingerprint density at radius 1 is 1.35 bits per heavy atom. The Bertz CT molecular complexity index is 799. The highest BCUT2D eigenvalue weighted by atomic mass is 79.9. The second-order valence-corrected chi connectivity index (χ2v) is 7.58. The zero-order valence-corrected chi connectivity index (χ0v) is 14.6. The van der Waals surface area contributed by atoms with Crippen LogP contribution in [0.15, 0.2) is 51.5 Å². The first-order valence-electron chi connectivity index (χ1n) is 7.42. The van der Waals surface area contributed by atoms with Crippen molar-refractivity contribution in [1.29, 1.82) is 5.26 Å². The van der Waals surface area contributed by atoms with Gasteiger partial charge in [-0.3, -0.25) is 4.79 Å². The first-order valence-corrected chi connectivity index (χ1v) is 8.21. The number of Topliss-reactive ketones (excluding diaryl/α,β-unsaturated/α-hetero) is 1. The molecule has 1 aliphatic carbocycles. The lowest BCUT2D eigenvalue weighted by atomic mass is 9.70. The molecule has 4 nitrogen and oxygen atoms in total. The Hall–Kier alpha value is -2.06. The molecule has 2 aliphatic rings. The van der Waals surface area contributed by atoms with Crippen LogP contribution in [-0.4, -0.2) is 5.78 Å². The Morgan fingerprint density at radius 3 is 2.70 bits per heavy atom. The number of carbonyl (C=O) groups is 1. The van der Waals surface area contributed by atoms with Crippen molar-refractivity contribution < 1.29 is 9.53 Å². The Labute approximate surface area is 143 Å². The lowest BCUT2D eigenvalue weighted by molar-refractivity contribution is -0.119. The maximum atomic E-state index is 12.8. The van der Waals surface area contributed by atoms with E-state index in [1.165, 1.54) is 0 Å².